The Kier molecular flexibility index (Phi) is 7.05. The maximum absolute atomic E-state index is 13.1. The summed E-state index contributed by atoms with van der Waals surface area (Å²) in [5, 5.41) is 0.495. The van der Waals surface area contributed by atoms with E-state index in [9.17, 15) is 9.59 Å². The van der Waals surface area contributed by atoms with Crippen molar-refractivity contribution in [2.24, 2.45) is 5.41 Å². The van der Waals surface area contributed by atoms with Crippen LogP contribution in [0.5, 0.6) is 0 Å². The monoisotopic (exact) mass is 472 g/mol. The molecule has 1 aliphatic carbocycles. The lowest BCUT2D eigenvalue weighted by molar-refractivity contribution is -0.171. The molecule has 3 aromatic carbocycles. The smallest absolute Gasteiger partial charge is 0.324 e. The molecule has 0 radical (unpaired) electrons. The van der Waals surface area contributed by atoms with Crippen molar-refractivity contribution in [1.29, 1.82) is 0 Å². The molecule has 3 aromatic rings. The second kappa shape index (κ2) is 10.2. The number of rotatable bonds is 5. The van der Waals surface area contributed by atoms with Crippen molar-refractivity contribution in [2.75, 3.05) is 13.2 Å². The van der Waals surface area contributed by atoms with Crippen LogP contribution in [0, 0.1) is 17.3 Å². The molecule has 0 heterocycles. The number of halogens is 1. The number of esters is 2. The summed E-state index contributed by atoms with van der Waals surface area (Å²) >= 11 is 6.75. The summed E-state index contributed by atoms with van der Waals surface area (Å²) in [6, 6.07) is 21.4. The lowest BCUT2D eigenvalue weighted by Crippen LogP contribution is -2.43. The van der Waals surface area contributed by atoms with E-state index in [1.165, 1.54) is 0 Å². The van der Waals surface area contributed by atoms with Crippen molar-refractivity contribution in [3.8, 4) is 23.0 Å². The number of carbonyl (C=O) groups excluding carboxylic acids is 2. The number of carbonyl (C=O) groups is 2. The van der Waals surface area contributed by atoms with Gasteiger partial charge in [-0.1, -0.05) is 72.0 Å². The van der Waals surface area contributed by atoms with Crippen LogP contribution < -0.4 is 0 Å². The number of fused-ring (bicyclic) bond motifs is 1. The minimum atomic E-state index is -1.48. The topological polar surface area (TPSA) is 52.6 Å². The van der Waals surface area contributed by atoms with E-state index >= 15 is 0 Å². The molecule has 0 aromatic heterocycles. The molecule has 0 spiro atoms. The largest absolute Gasteiger partial charge is 0.465 e. The van der Waals surface area contributed by atoms with Gasteiger partial charge in [-0.05, 0) is 54.3 Å². The second-order valence-corrected chi connectivity index (χ2v) is 8.50. The molecular weight excluding hydrogens is 448 g/mol. The molecule has 0 saturated carbocycles. The number of hydrogen-bond acceptors (Lipinski definition) is 4. The van der Waals surface area contributed by atoms with E-state index in [0.717, 1.165) is 33.4 Å². The first-order valence-electron chi connectivity index (χ1n) is 11.3. The third-order valence-corrected chi connectivity index (χ3v) is 6.31. The zero-order valence-corrected chi connectivity index (χ0v) is 19.9. The van der Waals surface area contributed by atoms with E-state index in [4.69, 9.17) is 21.1 Å². The number of hydrogen-bond donors (Lipinski definition) is 0. The van der Waals surface area contributed by atoms with Crippen molar-refractivity contribution in [3.63, 3.8) is 0 Å². The summed E-state index contributed by atoms with van der Waals surface area (Å²) in [4.78, 5) is 26.2. The van der Waals surface area contributed by atoms with Gasteiger partial charge in [-0.2, -0.15) is 0 Å². The molecule has 172 valence electrons. The maximum Gasteiger partial charge on any atom is 0.324 e. The van der Waals surface area contributed by atoms with Crippen molar-refractivity contribution in [1.82, 2.24) is 0 Å². The normalized spacial score (nSPS) is 13.4. The van der Waals surface area contributed by atoms with Crippen LogP contribution in [0.3, 0.4) is 0 Å². The minimum absolute atomic E-state index is 0.119. The van der Waals surface area contributed by atoms with Crippen molar-refractivity contribution < 1.29 is 19.1 Å². The van der Waals surface area contributed by atoms with Crippen LogP contribution in [0.15, 0.2) is 66.7 Å². The van der Waals surface area contributed by atoms with Crippen LogP contribution >= 0.6 is 11.6 Å². The summed E-state index contributed by atoms with van der Waals surface area (Å²) < 4.78 is 10.7. The highest BCUT2D eigenvalue weighted by molar-refractivity contribution is 6.32. The van der Waals surface area contributed by atoms with Crippen molar-refractivity contribution >= 4 is 23.5 Å². The Bertz CT molecular complexity index is 1250. The summed E-state index contributed by atoms with van der Waals surface area (Å²) in [6.45, 7) is 3.77. The van der Waals surface area contributed by atoms with Crippen molar-refractivity contribution in [3.05, 3.63) is 94.0 Å². The summed E-state index contributed by atoms with van der Waals surface area (Å²) in [5.74, 6) is 5.37. The van der Waals surface area contributed by atoms with E-state index in [1.54, 1.807) is 13.8 Å². The first-order valence-corrected chi connectivity index (χ1v) is 11.7. The van der Waals surface area contributed by atoms with Crippen LogP contribution in [-0.4, -0.2) is 25.2 Å². The molecule has 0 aliphatic heterocycles. The molecule has 0 fully saturated rings. The van der Waals surface area contributed by atoms with Gasteiger partial charge in [0.05, 0.1) is 13.2 Å². The highest BCUT2D eigenvalue weighted by atomic mass is 35.5. The first-order chi connectivity index (χ1) is 16.5. The summed E-state index contributed by atoms with van der Waals surface area (Å²) in [7, 11) is 0. The van der Waals surface area contributed by atoms with E-state index < -0.39 is 17.4 Å². The van der Waals surface area contributed by atoms with E-state index in [2.05, 4.69) is 11.8 Å². The van der Waals surface area contributed by atoms with Crippen LogP contribution in [0.25, 0.3) is 11.1 Å². The average Bonchev–Trinajstić information content (AvgIpc) is 3.28. The maximum atomic E-state index is 13.1. The Hall–Kier alpha value is -3.55. The molecule has 4 rings (SSSR count). The minimum Gasteiger partial charge on any atom is -0.465 e. The molecule has 0 saturated heterocycles. The lowest BCUT2D eigenvalue weighted by Gasteiger charge is -2.24. The summed E-state index contributed by atoms with van der Waals surface area (Å²) in [5.41, 5.74) is 3.48. The van der Waals surface area contributed by atoms with Crippen LogP contribution in [0.2, 0.25) is 5.02 Å². The molecule has 5 heteroatoms. The standard InChI is InChI=1S/C29H25ClO4/c1-3-33-27(31)29(28(32)34-4-2)18-24-22(16-15-20-11-7-5-8-12-20)23(17-26(30)25(24)19-29)21-13-9-6-10-14-21/h5-14,17H,3-4,18-19H2,1-2H3. The number of benzene rings is 3. The van der Waals surface area contributed by atoms with Gasteiger partial charge in [-0.25, -0.2) is 0 Å². The van der Waals surface area contributed by atoms with Gasteiger partial charge in [-0.15, -0.1) is 0 Å². The quantitative estimate of drug-likeness (QED) is 0.275. The summed E-state index contributed by atoms with van der Waals surface area (Å²) in [6.07, 6.45) is 0.243. The third-order valence-electron chi connectivity index (χ3n) is 5.97. The fraction of sp³-hybridized carbons (Fsp3) is 0.241. The second-order valence-electron chi connectivity index (χ2n) is 8.10. The molecule has 1 aliphatic rings. The first kappa shape index (κ1) is 23.6. The van der Waals surface area contributed by atoms with Gasteiger partial charge in [0, 0.05) is 29.0 Å². The fourth-order valence-electron chi connectivity index (χ4n) is 4.35. The Balaban J connectivity index is 1.92. The number of ether oxygens (including phenoxy) is 2. The zero-order valence-electron chi connectivity index (χ0n) is 19.2. The molecular formula is C29H25ClO4. The average molecular weight is 473 g/mol. The third kappa shape index (κ3) is 4.44. The van der Waals surface area contributed by atoms with Gasteiger partial charge in [0.1, 0.15) is 0 Å². The molecule has 0 amide bonds. The molecule has 4 nitrogen and oxygen atoms in total. The van der Waals surface area contributed by atoms with E-state index in [0.29, 0.717) is 5.02 Å². The molecule has 0 bridgehead atoms. The van der Waals surface area contributed by atoms with Gasteiger partial charge in [0.15, 0.2) is 5.41 Å². The van der Waals surface area contributed by atoms with Gasteiger partial charge in [0.25, 0.3) is 0 Å². The highest BCUT2D eigenvalue weighted by Gasteiger charge is 2.54. The predicted molar refractivity (Wildman–Crippen MR) is 132 cm³/mol. The molecule has 0 unspecified atom stereocenters. The molecule has 34 heavy (non-hydrogen) atoms. The van der Waals surface area contributed by atoms with E-state index in [1.807, 2.05) is 66.7 Å². The molecule has 0 atom stereocenters. The Morgan fingerprint density at radius 3 is 2.00 bits per heavy atom. The Morgan fingerprint density at radius 1 is 0.853 bits per heavy atom. The predicted octanol–water partition coefficient (Wildman–Crippen LogP) is 5.62. The van der Waals surface area contributed by atoms with Crippen LogP contribution in [0.4, 0.5) is 0 Å². The van der Waals surface area contributed by atoms with E-state index in [-0.39, 0.29) is 26.1 Å². The SMILES string of the molecule is CCOC(=O)C1(C(=O)OCC)Cc2c(Cl)cc(-c3ccccc3)c(C#Cc3ccccc3)c2C1. The Morgan fingerprint density at radius 2 is 1.41 bits per heavy atom. The molecule has 0 N–H and O–H groups in total. The fourth-order valence-corrected chi connectivity index (χ4v) is 4.64. The van der Waals surface area contributed by atoms with Crippen LogP contribution in [-0.2, 0) is 31.9 Å². The lowest BCUT2D eigenvalue weighted by atomic mass is 9.84. The highest BCUT2D eigenvalue weighted by Crippen LogP contribution is 2.46. The van der Waals surface area contributed by atoms with Gasteiger partial charge in [0.2, 0.25) is 0 Å². The Labute approximate surface area is 204 Å². The van der Waals surface area contributed by atoms with Crippen LogP contribution in [0.1, 0.15) is 36.1 Å². The van der Waals surface area contributed by atoms with Crippen molar-refractivity contribution in [2.45, 2.75) is 26.7 Å². The van der Waals surface area contributed by atoms with Gasteiger partial charge in [-0.3, -0.25) is 9.59 Å². The van der Waals surface area contributed by atoms with Gasteiger partial charge < -0.3 is 9.47 Å². The van der Waals surface area contributed by atoms with Gasteiger partial charge >= 0.3 is 11.9 Å². The zero-order chi connectivity index (χ0) is 24.1.